The van der Waals surface area contributed by atoms with Crippen molar-refractivity contribution < 1.29 is 9.18 Å². The maximum absolute atomic E-state index is 13.5. The average Bonchev–Trinajstić information content (AvgIpc) is 2.16. The lowest BCUT2D eigenvalue weighted by Crippen LogP contribution is -2.27. The summed E-state index contributed by atoms with van der Waals surface area (Å²) < 4.78 is 13.5. The highest BCUT2D eigenvalue weighted by atomic mass is 35.5. The zero-order valence-electron chi connectivity index (χ0n) is 9.21. The largest absolute Gasteiger partial charge is 0.349 e. The van der Waals surface area contributed by atoms with Crippen molar-refractivity contribution in [2.45, 2.75) is 12.5 Å². The number of halogens is 2. The van der Waals surface area contributed by atoms with Crippen LogP contribution in [0.3, 0.4) is 0 Å². The number of benzene rings is 1. The van der Waals surface area contributed by atoms with Gasteiger partial charge < -0.3 is 10.6 Å². The van der Waals surface area contributed by atoms with Gasteiger partial charge in [0.2, 0.25) is 5.91 Å². The maximum Gasteiger partial charge on any atom is 0.223 e. The van der Waals surface area contributed by atoms with Gasteiger partial charge in [0.15, 0.2) is 0 Å². The second kappa shape index (κ2) is 5.27. The third kappa shape index (κ3) is 2.93. The quantitative estimate of drug-likeness (QED) is 0.884. The number of amides is 1. The van der Waals surface area contributed by atoms with Gasteiger partial charge in [-0.2, -0.15) is 0 Å². The molecule has 0 spiro atoms. The van der Waals surface area contributed by atoms with Gasteiger partial charge in [-0.05, 0) is 12.1 Å². The second-order valence-electron chi connectivity index (χ2n) is 3.73. The Morgan fingerprint density at radius 3 is 2.69 bits per heavy atom. The topological polar surface area (TPSA) is 46.3 Å². The highest BCUT2D eigenvalue weighted by molar-refractivity contribution is 6.31. The van der Waals surface area contributed by atoms with Crippen LogP contribution in [0.5, 0.6) is 0 Å². The van der Waals surface area contributed by atoms with Crippen LogP contribution in [0.4, 0.5) is 4.39 Å². The molecule has 1 amide bonds. The molecular formula is C11H14ClFN2O. The predicted octanol–water partition coefficient (Wildman–Crippen LogP) is 1.96. The fraction of sp³-hybridized carbons (Fsp3) is 0.364. The zero-order valence-corrected chi connectivity index (χ0v) is 9.96. The molecule has 5 heteroatoms. The molecule has 16 heavy (non-hydrogen) atoms. The van der Waals surface area contributed by atoms with Crippen molar-refractivity contribution in [3.8, 4) is 0 Å². The first kappa shape index (κ1) is 12.9. The molecule has 1 rings (SSSR count). The van der Waals surface area contributed by atoms with Gasteiger partial charge in [0.1, 0.15) is 5.82 Å². The van der Waals surface area contributed by atoms with E-state index < -0.39 is 11.9 Å². The molecule has 0 bridgehead atoms. The molecule has 3 nitrogen and oxygen atoms in total. The monoisotopic (exact) mass is 244 g/mol. The van der Waals surface area contributed by atoms with Crippen LogP contribution in [0.15, 0.2) is 18.2 Å². The Morgan fingerprint density at radius 2 is 2.19 bits per heavy atom. The molecule has 0 aromatic heterocycles. The lowest BCUT2D eigenvalue weighted by Gasteiger charge is -2.17. The highest BCUT2D eigenvalue weighted by Gasteiger charge is 2.18. The van der Waals surface area contributed by atoms with E-state index in [2.05, 4.69) is 0 Å². The molecule has 0 heterocycles. The van der Waals surface area contributed by atoms with Crippen molar-refractivity contribution in [2.75, 3.05) is 14.1 Å². The third-order valence-corrected chi connectivity index (χ3v) is 2.59. The molecule has 2 N–H and O–H groups in total. The Balaban J connectivity index is 2.88. The number of carbonyl (C=O) groups is 1. The van der Waals surface area contributed by atoms with Gasteiger partial charge in [-0.25, -0.2) is 4.39 Å². The molecule has 1 aromatic carbocycles. The summed E-state index contributed by atoms with van der Waals surface area (Å²) in [5.74, 6) is -0.640. The first-order valence-electron chi connectivity index (χ1n) is 4.83. The third-order valence-electron chi connectivity index (χ3n) is 2.26. The van der Waals surface area contributed by atoms with E-state index in [4.69, 9.17) is 17.3 Å². The number of hydrogen-bond acceptors (Lipinski definition) is 2. The highest BCUT2D eigenvalue weighted by Crippen LogP contribution is 2.26. The number of rotatable bonds is 3. The average molecular weight is 245 g/mol. The SMILES string of the molecule is CN(C)C(=O)CC(N)c1c(F)cccc1Cl. The first-order chi connectivity index (χ1) is 7.43. The van der Waals surface area contributed by atoms with E-state index in [1.165, 1.54) is 17.0 Å². The minimum absolute atomic E-state index is 0.0354. The summed E-state index contributed by atoms with van der Waals surface area (Å²) in [5, 5.41) is 0.249. The Hall–Kier alpha value is -1.13. The van der Waals surface area contributed by atoms with Crippen LogP contribution in [0.1, 0.15) is 18.0 Å². The van der Waals surface area contributed by atoms with Crippen LogP contribution >= 0.6 is 11.6 Å². The van der Waals surface area contributed by atoms with Crippen LogP contribution in [0, 0.1) is 5.82 Å². The minimum atomic E-state index is -0.719. The molecular weight excluding hydrogens is 231 g/mol. The van der Waals surface area contributed by atoms with Crippen LogP contribution in [0.2, 0.25) is 5.02 Å². The van der Waals surface area contributed by atoms with E-state index in [1.807, 2.05) is 0 Å². The fourth-order valence-corrected chi connectivity index (χ4v) is 1.64. The maximum atomic E-state index is 13.5. The van der Waals surface area contributed by atoms with Crippen LogP contribution in [0.25, 0.3) is 0 Å². The summed E-state index contributed by atoms with van der Waals surface area (Å²) in [6.07, 6.45) is 0.0354. The van der Waals surface area contributed by atoms with Crippen molar-refractivity contribution in [2.24, 2.45) is 5.73 Å². The Labute approximate surface area is 99.0 Å². The van der Waals surface area contributed by atoms with Gasteiger partial charge in [0.25, 0.3) is 0 Å². The molecule has 1 unspecified atom stereocenters. The summed E-state index contributed by atoms with van der Waals surface area (Å²) in [6.45, 7) is 0. The lowest BCUT2D eigenvalue weighted by atomic mass is 10.0. The van der Waals surface area contributed by atoms with Gasteiger partial charge in [-0.1, -0.05) is 17.7 Å². The number of nitrogens with two attached hydrogens (primary N) is 1. The molecule has 88 valence electrons. The van der Waals surface area contributed by atoms with E-state index in [1.54, 1.807) is 20.2 Å². The zero-order chi connectivity index (χ0) is 12.3. The second-order valence-corrected chi connectivity index (χ2v) is 4.14. The van der Waals surface area contributed by atoms with Crippen LogP contribution < -0.4 is 5.73 Å². The molecule has 1 aromatic rings. The predicted molar refractivity (Wildman–Crippen MR) is 61.6 cm³/mol. The standard InChI is InChI=1S/C11H14ClFN2O/c1-15(2)10(16)6-9(14)11-7(12)4-3-5-8(11)13/h3-5,9H,6,14H2,1-2H3. The molecule has 0 fully saturated rings. The van der Waals surface area contributed by atoms with Crippen molar-refractivity contribution in [3.05, 3.63) is 34.6 Å². The normalized spacial score (nSPS) is 12.3. The van der Waals surface area contributed by atoms with Crippen LogP contribution in [-0.2, 0) is 4.79 Å². The summed E-state index contributed by atoms with van der Waals surface area (Å²) in [5.41, 5.74) is 5.96. The summed E-state index contributed by atoms with van der Waals surface area (Å²) in [6, 6.07) is 3.62. The summed E-state index contributed by atoms with van der Waals surface area (Å²) in [4.78, 5) is 12.8. The van der Waals surface area contributed by atoms with E-state index in [9.17, 15) is 9.18 Å². The van der Waals surface area contributed by atoms with Crippen LogP contribution in [-0.4, -0.2) is 24.9 Å². The number of nitrogens with zero attached hydrogens (tertiary/aromatic N) is 1. The summed E-state index contributed by atoms with van der Waals surface area (Å²) >= 11 is 5.84. The summed E-state index contributed by atoms with van der Waals surface area (Å²) in [7, 11) is 3.25. The van der Waals surface area contributed by atoms with E-state index in [-0.39, 0.29) is 22.9 Å². The molecule has 0 aliphatic heterocycles. The molecule has 0 saturated carbocycles. The van der Waals surface area contributed by atoms with Crippen molar-refractivity contribution in [1.29, 1.82) is 0 Å². The van der Waals surface area contributed by atoms with Crippen molar-refractivity contribution >= 4 is 17.5 Å². The van der Waals surface area contributed by atoms with Gasteiger partial charge in [0, 0.05) is 37.1 Å². The van der Waals surface area contributed by atoms with Crippen molar-refractivity contribution in [3.63, 3.8) is 0 Å². The van der Waals surface area contributed by atoms with E-state index >= 15 is 0 Å². The Kier molecular flexibility index (Phi) is 4.26. The number of hydrogen-bond donors (Lipinski definition) is 1. The van der Waals surface area contributed by atoms with E-state index in [0.29, 0.717) is 0 Å². The van der Waals surface area contributed by atoms with Gasteiger partial charge in [0.05, 0.1) is 0 Å². The smallest absolute Gasteiger partial charge is 0.223 e. The van der Waals surface area contributed by atoms with Crippen molar-refractivity contribution in [1.82, 2.24) is 4.90 Å². The van der Waals surface area contributed by atoms with E-state index in [0.717, 1.165) is 0 Å². The lowest BCUT2D eigenvalue weighted by molar-refractivity contribution is -0.129. The molecule has 0 aliphatic carbocycles. The molecule has 0 aliphatic rings. The molecule has 1 atom stereocenters. The molecule has 0 saturated heterocycles. The first-order valence-corrected chi connectivity index (χ1v) is 5.21. The fourth-order valence-electron chi connectivity index (χ4n) is 1.34. The molecule has 0 radical (unpaired) electrons. The van der Waals surface area contributed by atoms with Gasteiger partial charge in [-0.3, -0.25) is 4.79 Å². The minimum Gasteiger partial charge on any atom is -0.349 e. The van der Waals surface area contributed by atoms with Gasteiger partial charge in [-0.15, -0.1) is 0 Å². The van der Waals surface area contributed by atoms with Gasteiger partial charge >= 0.3 is 0 Å². The Bertz CT molecular complexity index is 375. The number of carbonyl (C=O) groups excluding carboxylic acids is 1. The Morgan fingerprint density at radius 1 is 1.56 bits per heavy atom.